The molecule has 0 unspecified atom stereocenters. The topological polar surface area (TPSA) is 90.1 Å². The smallest absolute Gasteiger partial charge is 0.213 e. The lowest BCUT2D eigenvalue weighted by atomic mass is 10.2. The average Bonchev–Trinajstić information content (AvgIpc) is 2.95. The van der Waals surface area contributed by atoms with Crippen molar-refractivity contribution >= 4 is 29.0 Å². The van der Waals surface area contributed by atoms with Crippen LogP contribution in [0, 0.1) is 0 Å². The Morgan fingerprint density at radius 1 is 1.13 bits per heavy atom. The van der Waals surface area contributed by atoms with Gasteiger partial charge in [0, 0.05) is 18.0 Å². The van der Waals surface area contributed by atoms with Gasteiger partial charge < -0.3 is 0 Å². The predicted molar refractivity (Wildman–Crippen MR) is 85.0 cm³/mol. The molecular formula is C15H13N5O2S. The summed E-state index contributed by atoms with van der Waals surface area (Å²) in [6.07, 6.45) is 3.39. The second-order valence-electron chi connectivity index (χ2n) is 4.93. The van der Waals surface area contributed by atoms with Crippen LogP contribution < -0.4 is 0 Å². The van der Waals surface area contributed by atoms with Gasteiger partial charge in [0.05, 0.1) is 5.69 Å². The number of Topliss-reactive ketones (excluding diaryl/α,β-unsaturated/α-hetero) is 2. The van der Waals surface area contributed by atoms with Crippen LogP contribution in [-0.2, 0) is 9.59 Å². The Balaban J connectivity index is 2.02. The zero-order valence-corrected chi connectivity index (χ0v) is 13.3. The van der Waals surface area contributed by atoms with Crippen LogP contribution in [0.25, 0.3) is 16.9 Å². The van der Waals surface area contributed by atoms with Gasteiger partial charge in [-0.05, 0) is 38.1 Å². The highest BCUT2D eigenvalue weighted by Crippen LogP contribution is 2.24. The Bertz CT molecular complexity index is 864. The molecule has 116 valence electrons. The van der Waals surface area contributed by atoms with Crippen LogP contribution in [0.5, 0.6) is 0 Å². The van der Waals surface area contributed by atoms with E-state index in [-0.39, 0.29) is 11.6 Å². The first-order valence-corrected chi connectivity index (χ1v) is 7.74. The second-order valence-corrected chi connectivity index (χ2v) is 6.00. The standard InChI is InChI=1S/C15H13N5O2S/c1-9(21)14(10(2)22)23-15-18-17-13-6-5-12(19-20(13)15)11-4-3-7-16-8-11/h3-8,14H,1-2H3. The van der Waals surface area contributed by atoms with E-state index in [1.165, 1.54) is 18.4 Å². The number of hydrogen-bond donors (Lipinski definition) is 0. The quantitative estimate of drug-likeness (QED) is 0.521. The van der Waals surface area contributed by atoms with Crippen molar-refractivity contribution in [1.82, 2.24) is 24.8 Å². The lowest BCUT2D eigenvalue weighted by Crippen LogP contribution is -2.22. The molecular weight excluding hydrogens is 314 g/mol. The number of aromatic nitrogens is 5. The first-order valence-electron chi connectivity index (χ1n) is 6.86. The molecule has 0 aliphatic heterocycles. The zero-order valence-electron chi connectivity index (χ0n) is 12.5. The molecule has 0 atom stereocenters. The molecule has 8 heteroatoms. The van der Waals surface area contributed by atoms with Gasteiger partial charge in [-0.2, -0.15) is 9.61 Å². The van der Waals surface area contributed by atoms with Gasteiger partial charge >= 0.3 is 0 Å². The lowest BCUT2D eigenvalue weighted by Gasteiger charge is -2.08. The van der Waals surface area contributed by atoms with E-state index in [0.29, 0.717) is 16.5 Å². The molecule has 0 saturated carbocycles. The Labute approximate surface area is 136 Å². The zero-order chi connectivity index (χ0) is 16.4. The summed E-state index contributed by atoms with van der Waals surface area (Å²) in [4.78, 5) is 27.3. The van der Waals surface area contributed by atoms with E-state index < -0.39 is 5.25 Å². The van der Waals surface area contributed by atoms with E-state index in [2.05, 4.69) is 20.3 Å². The van der Waals surface area contributed by atoms with Crippen molar-refractivity contribution in [2.45, 2.75) is 24.3 Å². The van der Waals surface area contributed by atoms with Gasteiger partial charge in [0.25, 0.3) is 0 Å². The first-order chi connectivity index (χ1) is 11.1. The summed E-state index contributed by atoms with van der Waals surface area (Å²) < 4.78 is 1.53. The maximum absolute atomic E-state index is 11.6. The summed E-state index contributed by atoms with van der Waals surface area (Å²) in [5.41, 5.74) is 2.11. The first kappa shape index (κ1) is 15.3. The van der Waals surface area contributed by atoms with E-state index in [0.717, 1.165) is 17.3 Å². The molecule has 3 rings (SSSR count). The molecule has 3 heterocycles. The third-order valence-corrected chi connectivity index (χ3v) is 4.52. The highest BCUT2D eigenvalue weighted by molar-refractivity contribution is 8.01. The van der Waals surface area contributed by atoms with E-state index in [1.54, 1.807) is 18.5 Å². The molecule has 0 saturated heterocycles. The molecule has 0 bridgehead atoms. The minimum Gasteiger partial charge on any atom is -0.298 e. The summed E-state index contributed by atoms with van der Waals surface area (Å²) in [7, 11) is 0. The van der Waals surface area contributed by atoms with Gasteiger partial charge in [-0.1, -0.05) is 11.8 Å². The number of pyridine rings is 1. The fourth-order valence-electron chi connectivity index (χ4n) is 2.07. The van der Waals surface area contributed by atoms with Gasteiger partial charge in [-0.15, -0.1) is 10.2 Å². The van der Waals surface area contributed by atoms with Crippen LogP contribution in [0.2, 0.25) is 0 Å². The van der Waals surface area contributed by atoms with Crippen molar-refractivity contribution < 1.29 is 9.59 Å². The van der Waals surface area contributed by atoms with Crippen LogP contribution in [0.1, 0.15) is 13.8 Å². The van der Waals surface area contributed by atoms with Crippen LogP contribution in [0.15, 0.2) is 41.8 Å². The molecule has 0 aliphatic carbocycles. The minimum atomic E-state index is -0.800. The highest BCUT2D eigenvalue weighted by Gasteiger charge is 2.24. The molecule has 23 heavy (non-hydrogen) atoms. The number of fused-ring (bicyclic) bond motifs is 1. The van der Waals surface area contributed by atoms with Crippen molar-refractivity contribution in [3.05, 3.63) is 36.7 Å². The van der Waals surface area contributed by atoms with Crippen LogP contribution in [0.3, 0.4) is 0 Å². The predicted octanol–water partition coefficient (Wildman–Crippen LogP) is 1.82. The second kappa shape index (κ2) is 6.25. The summed E-state index contributed by atoms with van der Waals surface area (Å²) >= 11 is 1.06. The minimum absolute atomic E-state index is 0.220. The fourth-order valence-corrected chi connectivity index (χ4v) is 2.93. The van der Waals surface area contributed by atoms with Crippen LogP contribution >= 0.6 is 11.8 Å². The van der Waals surface area contributed by atoms with Crippen LogP contribution in [-0.4, -0.2) is 41.6 Å². The number of thioether (sulfide) groups is 1. The maximum Gasteiger partial charge on any atom is 0.213 e. The average molecular weight is 327 g/mol. The number of hydrogen-bond acceptors (Lipinski definition) is 7. The Morgan fingerprint density at radius 2 is 1.91 bits per heavy atom. The number of rotatable bonds is 5. The van der Waals surface area contributed by atoms with Gasteiger partial charge in [-0.3, -0.25) is 14.6 Å². The summed E-state index contributed by atoms with van der Waals surface area (Å²) in [5, 5.41) is 12.1. The largest absolute Gasteiger partial charge is 0.298 e. The molecule has 0 aromatic carbocycles. The van der Waals surface area contributed by atoms with Crippen molar-refractivity contribution in [3.8, 4) is 11.3 Å². The van der Waals surface area contributed by atoms with E-state index in [1.807, 2.05) is 18.2 Å². The third-order valence-electron chi connectivity index (χ3n) is 3.15. The SMILES string of the molecule is CC(=O)C(Sc1nnc2ccc(-c3cccnc3)nn12)C(C)=O. The highest BCUT2D eigenvalue weighted by atomic mass is 32.2. The molecule has 0 aliphatic rings. The molecule has 0 spiro atoms. The Kier molecular flexibility index (Phi) is 4.16. The van der Waals surface area contributed by atoms with Gasteiger partial charge in [0.1, 0.15) is 5.25 Å². The van der Waals surface area contributed by atoms with E-state index in [4.69, 9.17) is 0 Å². The molecule has 0 amide bonds. The third kappa shape index (κ3) is 3.11. The molecule has 0 N–H and O–H groups in total. The maximum atomic E-state index is 11.6. The summed E-state index contributed by atoms with van der Waals surface area (Å²) in [6.45, 7) is 2.77. The number of carbonyl (C=O) groups excluding carboxylic acids is 2. The summed E-state index contributed by atoms with van der Waals surface area (Å²) in [5.74, 6) is -0.440. The molecule has 3 aromatic heterocycles. The summed E-state index contributed by atoms with van der Waals surface area (Å²) in [6, 6.07) is 7.32. The van der Waals surface area contributed by atoms with Gasteiger partial charge in [-0.25, -0.2) is 0 Å². The molecule has 0 fully saturated rings. The normalized spacial score (nSPS) is 11.1. The number of ketones is 2. The van der Waals surface area contributed by atoms with Gasteiger partial charge in [0.2, 0.25) is 5.16 Å². The van der Waals surface area contributed by atoms with Crippen molar-refractivity contribution in [2.24, 2.45) is 0 Å². The fraction of sp³-hybridized carbons (Fsp3) is 0.200. The van der Waals surface area contributed by atoms with Gasteiger partial charge in [0.15, 0.2) is 17.2 Å². The molecule has 0 radical (unpaired) electrons. The monoisotopic (exact) mass is 327 g/mol. The number of nitrogens with zero attached hydrogens (tertiary/aromatic N) is 5. The Hall–Kier alpha value is -2.61. The molecule has 7 nitrogen and oxygen atoms in total. The van der Waals surface area contributed by atoms with Crippen LogP contribution in [0.4, 0.5) is 0 Å². The van der Waals surface area contributed by atoms with Crippen molar-refractivity contribution in [3.63, 3.8) is 0 Å². The van der Waals surface area contributed by atoms with E-state index in [9.17, 15) is 9.59 Å². The lowest BCUT2D eigenvalue weighted by molar-refractivity contribution is -0.123. The number of carbonyl (C=O) groups is 2. The Morgan fingerprint density at radius 3 is 2.57 bits per heavy atom. The van der Waals surface area contributed by atoms with Crippen molar-refractivity contribution in [1.29, 1.82) is 0 Å². The van der Waals surface area contributed by atoms with E-state index >= 15 is 0 Å². The van der Waals surface area contributed by atoms with Crippen molar-refractivity contribution in [2.75, 3.05) is 0 Å². The molecule has 3 aromatic rings.